The smallest absolute Gasteiger partial charge is 0.269 e. The van der Waals surface area contributed by atoms with E-state index in [1.165, 1.54) is 17.0 Å². The van der Waals surface area contributed by atoms with Gasteiger partial charge in [-0.3, -0.25) is 14.9 Å². The van der Waals surface area contributed by atoms with Crippen molar-refractivity contribution in [2.45, 2.75) is 12.8 Å². The van der Waals surface area contributed by atoms with E-state index in [4.69, 9.17) is 10.2 Å². The number of amides is 1. The summed E-state index contributed by atoms with van der Waals surface area (Å²) in [5.74, 6) is -0.161. The van der Waals surface area contributed by atoms with Gasteiger partial charge >= 0.3 is 0 Å². The molecule has 110 valence electrons. The number of hydrogen-bond donors (Lipinski definition) is 2. The Kier molecular flexibility index (Phi) is 6.61. The second kappa shape index (κ2) is 8.23. The number of nitro groups is 1. The number of nitrogens with zero attached hydrogens (tertiary/aromatic N) is 2. The minimum absolute atomic E-state index is 0.0160. The molecule has 0 unspecified atom stereocenters. The summed E-state index contributed by atoms with van der Waals surface area (Å²) in [5, 5.41) is 28.2. The van der Waals surface area contributed by atoms with Gasteiger partial charge in [0.2, 0.25) is 5.91 Å². The van der Waals surface area contributed by atoms with Crippen LogP contribution >= 0.6 is 0 Å². The SMILES string of the molecule is O=C(CCc1ccc([N+](=O)[O-])cc1)N(CCO)CCO. The van der Waals surface area contributed by atoms with Crippen molar-refractivity contribution in [1.29, 1.82) is 0 Å². The number of aliphatic hydroxyl groups is 2. The Morgan fingerprint density at radius 3 is 2.15 bits per heavy atom. The van der Waals surface area contributed by atoms with Crippen LogP contribution < -0.4 is 0 Å². The molecule has 0 heterocycles. The number of carbonyl (C=O) groups is 1. The van der Waals surface area contributed by atoms with Gasteiger partial charge < -0.3 is 15.1 Å². The number of aliphatic hydroxyl groups excluding tert-OH is 2. The lowest BCUT2D eigenvalue weighted by molar-refractivity contribution is -0.384. The van der Waals surface area contributed by atoms with Crippen LogP contribution in [0.15, 0.2) is 24.3 Å². The van der Waals surface area contributed by atoms with E-state index in [0.29, 0.717) is 6.42 Å². The first-order valence-electron chi connectivity index (χ1n) is 6.31. The van der Waals surface area contributed by atoms with Crippen LogP contribution in [0.5, 0.6) is 0 Å². The monoisotopic (exact) mass is 282 g/mol. The zero-order chi connectivity index (χ0) is 15.0. The third-order valence-corrected chi connectivity index (χ3v) is 2.87. The first-order chi connectivity index (χ1) is 9.58. The molecule has 1 rings (SSSR count). The Labute approximate surface area is 116 Å². The molecular weight excluding hydrogens is 264 g/mol. The van der Waals surface area contributed by atoms with E-state index in [1.54, 1.807) is 12.1 Å². The minimum Gasteiger partial charge on any atom is -0.395 e. The van der Waals surface area contributed by atoms with Gasteiger partial charge in [0.05, 0.1) is 18.1 Å². The summed E-state index contributed by atoms with van der Waals surface area (Å²) >= 11 is 0. The standard InChI is InChI=1S/C13H18N2O5/c16-9-7-14(8-10-17)13(18)6-3-11-1-4-12(5-2-11)15(19)20/h1-2,4-5,16-17H,3,6-10H2. The molecule has 2 N–H and O–H groups in total. The van der Waals surface area contributed by atoms with Gasteiger partial charge in [-0.15, -0.1) is 0 Å². The van der Waals surface area contributed by atoms with Gasteiger partial charge in [0.15, 0.2) is 0 Å². The van der Waals surface area contributed by atoms with E-state index in [2.05, 4.69) is 0 Å². The van der Waals surface area contributed by atoms with Gasteiger partial charge in [-0.1, -0.05) is 12.1 Å². The first kappa shape index (κ1) is 16.1. The van der Waals surface area contributed by atoms with Crippen molar-refractivity contribution < 1.29 is 19.9 Å². The van der Waals surface area contributed by atoms with Crippen LogP contribution in [0.2, 0.25) is 0 Å². The predicted octanol–water partition coefficient (Wildman–Crippen LogP) is 0.341. The summed E-state index contributed by atoms with van der Waals surface area (Å²) < 4.78 is 0. The molecule has 0 aliphatic heterocycles. The maximum Gasteiger partial charge on any atom is 0.269 e. The predicted molar refractivity (Wildman–Crippen MR) is 72.2 cm³/mol. The minimum atomic E-state index is -0.473. The summed E-state index contributed by atoms with van der Waals surface area (Å²) in [6.07, 6.45) is 0.696. The summed E-state index contributed by atoms with van der Waals surface area (Å²) in [5.41, 5.74) is 0.846. The second-order valence-corrected chi connectivity index (χ2v) is 4.25. The number of nitro benzene ring substituents is 1. The quantitative estimate of drug-likeness (QED) is 0.528. The fraction of sp³-hybridized carbons (Fsp3) is 0.462. The van der Waals surface area contributed by atoms with E-state index >= 15 is 0 Å². The van der Waals surface area contributed by atoms with Gasteiger partial charge in [-0.05, 0) is 12.0 Å². The van der Waals surface area contributed by atoms with Crippen molar-refractivity contribution in [2.24, 2.45) is 0 Å². The van der Waals surface area contributed by atoms with Gasteiger partial charge in [0, 0.05) is 31.6 Å². The first-order valence-corrected chi connectivity index (χ1v) is 6.31. The normalized spacial score (nSPS) is 10.3. The van der Waals surface area contributed by atoms with Crippen molar-refractivity contribution in [1.82, 2.24) is 4.90 Å². The number of aryl methyl sites for hydroxylation is 1. The molecule has 1 aromatic carbocycles. The Morgan fingerprint density at radius 1 is 1.15 bits per heavy atom. The molecule has 1 amide bonds. The third kappa shape index (κ3) is 4.94. The topological polar surface area (TPSA) is 104 Å². The van der Waals surface area contributed by atoms with E-state index in [1.807, 2.05) is 0 Å². The van der Waals surface area contributed by atoms with Gasteiger partial charge in [0.1, 0.15) is 0 Å². The number of non-ortho nitro benzene ring substituents is 1. The van der Waals surface area contributed by atoms with Crippen LogP contribution in [0.3, 0.4) is 0 Å². The van der Waals surface area contributed by atoms with Crippen molar-refractivity contribution in [3.63, 3.8) is 0 Å². The van der Waals surface area contributed by atoms with Crippen LogP contribution in [0.25, 0.3) is 0 Å². The molecule has 0 saturated heterocycles. The molecule has 1 aromatic rings. The number of hydrogen-bond acceptors (Lipinski definition) is 5. The number of rotatable bonds is 8. The Balaban J connectivity index is 2.52. The molecule has 0 atom stereocenters. The van der Waals surface area contributed by atoms with E-state index in [0.717, 1.165) is 5.56 Å². The van der Waals surface area contributed by atoms with Gasteiger partial charge in [0.25, 0.3) is 5.69 Å². The van der Waals surface area contributed by atoms with Crippen LogP contribution in [-0.4, -0.2) is 52.2 Å². The van der Waals surface area contributed by atoms with Crippen molar-refractivity contribution in [3.05, 3.63) is 39.9 Å². The lowest BCUT2D eigenvalue weighted by Gasteiger charge is -2.20. The maximum absolute atomic E-state index is 11.9. The lowest BCUT2D eigenvalue weighted by Crippen LogP contribution is -2.35. The Hall–Kier alpha value is -1.99. The fourth-order valence-corrected chi connectivity index (χ4v) is 1.80. The van der Waals surface area contributed by atoms with Crippen molar-refractivity contribution in [2.75, 3.05) is 26.3 Å². The Morgan fingerprint density at radius 2 is 1.70 bits per heavy atom. The van der Waals surface area contributed by atoms with Gasteiger partial charge in [-0.2, -0.15) is 0 Å². The highest BCUT2D eigenvalue weighted by molar-refractivity contribution is 5.76. The maximum atomic E-state index is 11.9. The molecule has 0 spiro atoms. The zero-order valence-corrected chi connectivity index (χ0v) is 11.1. The molecule has 20 heavy (non-hydrogen) atoms. The van der Waals surface area contributed by atoms with Crippen LogP contribution in [0.4, 0.5) is 5.69 Å². The molecule has 7 heteroatoms. The summed E-state index contributed by atoms with van der Waals surface area (Å²) in [6, 6.07) is 6.04. The average Bonchev–Trinajstić information content (AvgIpc) is 2.45. The van der Waals surface area contributed by atoms with E-state index in [9.17, 15) is 14.9 Å². The molecule has 0 bridgehead atoms. The number of carbonyl (C=O) groups excluding carboxylic acids is 1. The third-order valence-electron chi connectivity index (χ3n) is 2.87. The van der Waals surface area contributed by atoms with Crippen LogP contribution in [0.1, 0.15) is 12.0 Å². The lowest BCUT2D eigenvalue weighted by atomic mass is 10.1. The van der Waals surface area contributed by atoms with Crippen molar-refractivity contribution >= 4 is 11.6 Å². The summed E-state index contributed by atoms with van der Waals surface area (Å²) in [7, 11) is 0. The Bertz CT molecular complexity index is 441. The number of benzene rings is 1. The fourth-order valence-electron chi connectivity index (χ4n) is 1.80. The zero-order valence-electron chi connectivity index (χ0n) is 11.1. The summed E-state index contributed by atoms with van der Waals surface area (Å²) in [4.78, 5) is 23.3. The molecule has 0 aromatic heterocycles. The largest absolute Gasteiger partial charge is 0.395 e. The molecule has 7 nitrogen and oxygen atoms in total. The molecule has 0 aliphatic rings. The summed E-state index contributed by atoms with van der Waals surface area (Å²) in [6.45, 7) is 0.0891. The highest BCUT2D eigenvalue weighted by Crippen LogP contribution is 2.13. The molecule has 0 saturated carbocycles. The van der Waals surface area contributed by atoms with Gasteiger partial charge in [-0.25, -0.2) is 0 Å². The second-order valence-electron chi connectivity index (χ2n) is 4.25. The molecular formula is C13H18N2O5. The molecule has 0 fully saturated rings. The highest BCUT2D eigenvalue weighted by atomic mass is 16.6. The molecule has 0 aliphatic carbocycles. The van der Waals surface area contributed by atoms with Crippen LogP contribution in [-0.2, 0) is 11.2 Å². The molecule has 0 radical (unpaired) electrons. The highest BCUT2D eigenvalue weighted by Gasteiger charge is 2.12. The van der Waals surface area contributed by atoms with Crippen LogP contribution in [0, 0.1) is 10.1 Å². The van der Waals surface area contributed by atoms with E-state index < -0.39 is 4.92 Å². The van der Waals surface area contributed by atoms with Crippen molar-refractivity contribution in [3.8, 4) is 0 Å². The van der Waals surface area contributed by atoms with E-state index in [-0.39, 0.29) is 44.3 Å². The average molecular weight is 282 g/mol.